The van der Waals surface area contributed by atoms with Gasteiger partial charge in [0.15, 0.2) is 7.37 Å². The Morgan fingerprint density at radius 2 is 2.22 bits per heavy atom. The highest BCUT2D eigenvalue weighted by Crippen LogP contribution is 2.35. The van der Waals surface area contributed by atoms with Crippen LogP contribution in [0.1, 0.15) is 6.42 Å². The largest absolute Gasteiger partial charge is 0.481 e. The second-order valence-corrected chi connectivity index (χ2v) is 4.47. The van der Waals surface area contributed by atoms with E-state index in [1.54, 1.807) is 0 Å². The maximum atomic E-state index is 10.4. The first-order chi connectivity index (χ1) is 3.92. The third-order valence-electron chi connectivity index (χ3n) is 0.741. The highest BCUT2D eigenvalue weighted by molar-refractivity contribution is 7.57. The van der Waals surface area contributed by atoms with Crippen LogP contribution in [-0.2, 0) is 9.36 Å². The maximum Gasteiger partial charge on any atom is 0.303 e. The van der Waals surface area contributed by atoms with E-state index in [1.807, 2.05) is 0 Å². The standard InChI is InChI=1S/C4H9O4P/c1-9(7,8)3-2-4(5)6/h2-3H2,1H3,(H,5,6)(H,7,8)/i3+2. The van der Waals surface area contributed by atoms with Crippen LogP contribution in [-0.4, -0.2) is 28.8 Å². The first kappa shape index (κ1) is 8.66. The smallest absolute Gasteiger partial charge is 0.303 e. The molecule has 0 aliphatic carbocycles. The highest BCUT2D eigenvalue weighted by atomic mass is 31.2. The normalized spacial score (nSPS) is 16.7. The number of carbonyl (C=O) groups is 1. The molecule has 0 amide bonds. The minimum atomic E-state index is -3.10. The summed E-state index contributed by atoms with van der Waals surface area (Å²) in [5.41, 5.74) is 0. The molecule has 4 nitrogen and oxygen atoms in total. The zero-order chi connectivity index (χ0) is 7.49. The lowest BCUT2D eigenvalue weighted by Gasteiger charge is -1.99. The summed E-state index contributed by atoms with van der Waals surface area (Å²) >= 11 is 0. The summed E-state index contributed by atoms with van der Waals surface area (Å²) in [4.78, 5) is 18.4. The molecule has 0 aromatic rings. The van der Waals surface area contributed by atoms with Crippen molar-refractivity contribution in [1.82, 2.24) is 0 Å². The van der Waals surface area contributed by atoms with Crippen molar-refractivity contribution < 1.29 is 19.4 Å². The summed E-state index contributed by atoms with van der Waals surface area (Å²) in [5.74, 6) is -1.04. The predicted molar refractivity (Wildman–Crippen MR) is 32.9 cm³/mol. The molecule has 0 saturated heterocycles. The van der Waals surface area contributed by atoms with Gasteiger partial charge in [0.05, 0.1) is 6.42 Å². The molecule has 1 atom stereocenters. The molecule has 0 aliphatic heterocycles. The molecular formula is C4H9O4P. The molecule has 0 spiro atoms. The molecule has 1 unspecified atom stereocenters. The molecule has 0 aliphatic rings. The van der Waals surface area contributed by atoms with Gasteiger partial charge in [0.2, 0.25) is 0 Å². The fourth-order valence-electron chi connectivity index (χ4n) is 0.303. The average Bonchev–Trinajstić information content (AvgIpc) is 1.59. The van der Waals surface area contributed by atoms with Crippen molar-refractivity contribution in [1.29, 1.82) is 0 Å². The lowest BCUT2D eigenvalue weighted by Crippen LogP contribution is -1.98. The fourth-order valence-corrected chi connectivity index (χ4v) is 0.909. The zero-order valence-electron chi connectivity index (χ0n) is 5.07. The molecule has 0 fully saturated rings. The van der Waals surface area contributed by atoms with Crippen LogP contribution in [0.3, 0.4) is 0 Å². The Kier molecular flexibility index (Phi) is 2.88. The van der Waals surface area contributed by atoms with E-state index in [1.165, 1.54) is 0 Å². The molecule has 0 bridgehead atoms. The predicted octanol–water partition coefficient (Wildman–Crippen LogP) is 0.361. The van der Waals surface area contributed by atoms with Crippen LogP contribution in [0.5, 0.6) is 0 Å². The van der Waals surface area contributed by atoms with E-state index in [0.29, 0.717) is 0 Å². The van der Waals surface area contributed by atoms with Gasteiger partial charge in [-0.2, -0.15) is 0 Å². The third-order valence-corrected chi connectivity index (χ3v) is 1.79. The van der Waals surface area contributed by atoms with Gasteiger partial charge in [0, 0.05) is 12.8 Å². The highest BCUT2D eigenvalue weighted by Gasteiger charge is 2.10. The maximum absolute atomic E-state index is 10.4. The molecule has 0 aromatic carbocycles. The van der Waals surface area contributed by atoms with Crippen molar-refractivity contribution >= 4 is 13.3 Å². The van der Waals surface area contributed by atoms with Gasteiger partial charge in [0.25, 0.3) is 0 Å². The van der Waals surface area contributed by atoms with E-state index < -0.39 is 13.3 Å². The summed E-state index contributed by atoms with van der Waals surface area (Å²) in [6.07, 6.45) is -0.368. The molecule has 0 radical (unpaired) electrons. The number of hydrogen-bond acceptors (Lipinski definition) is 2. The molecule has 0 rings (SSSR count). The Morgan fingerprint density at radius 3 is 2.33 bits per heavy atom. The third kappa shape index (κ3) is 7.66. The van der Waals surface area contributed by atoms with Crippen LogP contribution in [0, 0.1) is 0 Å². The molecule has 0 aromatic heterocycles. The van der Waals surface area contributed by atoms with Crippen LogP contribution in [0.15, 0.2) is 0 Å². The second-order valence-electron chi connectivity index (χ2n) is 1.92. The van der Waals surface area contributed by atoms with Gasteiger partial charge in [-0.15, -0.1) is 0 Å². The Hall–Kier alpha value is -0.340. The van der Waals surface area contributed by atoms with Gasteiger partial charge in [-0.05, 0) is 0 Å². The first-order valence-corrected chi connectivity index (χ1v) is 4.72. The number of hydrogen-bond donors (Lipinski definition) is 2. The lowest BCUT2D eigenvalue weighted by atomic mass is 10.7. The Labute approximate surface area is 53.0 Å². The summed E-state index contributed by atoms with van der Waals surface area (Å²) in [6, 6.07) is 0. The summed E-state index contributed by atoms with van der Waals surface area (Å²) in [7, 11) is -3.10. The number of carboxylic acid groups (broad SMARTS) is 1. The summed E-state index contributed by atoms with van der Waals surface area (Å²) in [6.45, 7) is 1.15. The second kappa shape index (κ2) is 2.99. The number of carboxylic acids is 1. The first-order valence-electron chi connectivity index (χ1n) is 2.43. The number of rotatable bonds is 3. The zero-order valence-corrected chi connectivity index (χ0v) is 5.97. The van der Waals surface area contributed by atoms with Crippen LogP contribution in [0.2, 0.25) is 0 Å². The van der Waals surface area contributed by atoms with Crippen LogP contribution in [0.4, 0.5) is 0 Å². The fraction of sp³-hybridized carbons (Fsp3) is 0.750. The quantitative estimate of drug-likeness (QED) is 0.575. The van der Waals surface area contributed by atoms with Crippen LogP contribution in [0.25, 0.3) is 0 Å². The van der Waals surface area contributed by atoms with Gasteiger partial charge < -0.3 is 10.00 Å². The van der Waals surface area contributed by atoms with E-state index in [2.05, 4.69) is 0 Å². The van der Waals surface area contributed by atoms with E-state index >= 15 is 0 Å². The molecule has 54 valence electrons. The van der Waals surface area contributed by atoms with Crippen LogP contribution >= 0.6 is 7.37 Å². The van der Waals surface area contributed by atoms with E-state index in [4.69, 9.17) is 10.00 Å². The molecule has 0 heterocycles. The Bertz CT molecular complexity index is 147. The topological polar surface area (TPSA) is 74.6 Å². The average molecular weight is 154 g/mol. The summed E-state index contributed by atoms with van der Waals surface area (Å²) < 4.78 is 10.4. The van der Waals surface area contributed by atoms with Gasteiger partial charge in [0.1, 0.15) is 0 Å². The monoisotopic (exact) mass is 154 g/mol. The van der Waals surface area contributed by atoms with Gasteiger partial charge in [-0.1, -0.05) is 0 Å². The van der Waals surface area contributed by atoms with Crippen molar-refractivity contribution in [3.05, 3.63) is 0 Å². The van der Waals surface area contributed by atoms with Crippen molar-refractivity contribution in [2.45, 2.75) is 6.42 Å². The minimum Gasteiger partial charge on any atom is -0.481 e. The van der Waals surface area contributed by atoms with Gasteiger partial charge in [-0.25, -0.2) is 0 Å². The van der Waals surface area contributed by atoms with Gasteiger partial charge in [-0.3, -0.25) is 9.36 Å². The van der Waals surface area contributed by atoms with Crippen molar-refractivity contribution in [3.63, 3.8) is 0 Å². The van der Waals surface area contributed by atoms with E-state index in [0.717, 1.165) is 6.66 Å². The lowest BCUT2D eigenvalue weighted by molar-refractivity contribution is -0.136. The molecule has 9 heavy (non-hydrogen) atoms. The molecule has 5 heteroatoms. The molecular weight excluding hydrogens is 145 g/mol. The molecule has 0 saturated carbocycles. The summed E-state index contributed by atoms with van der Waals surface area (Å²) in [5, 5.41) is 8.04. The van der Waals surface area contributed by atoms with E-state index in [9.17, 15) is 9.36 Å². The number of aliphatic carboxylic acids is 1. The van der Waals surface area contributed by atoms with Crippen molar-refractivity contribution in [2.75, 3.05) is 12.8 Å². The Morgan fingerprint density at radius 1 is 1.78 bits per heavy atom. The SMILES string of the molecule is CP(=O)(O)[14CH2]CC(=O)O. The Balaban J connectivity index is 3.53. The minimum absolute atomic E-state index is 0.137. The molecule has 2 N–H and O–H groups in total. The van der Waals surface area contributed by atoms with Gasteiger partial charge >= 0.3 is 5.97 Å². The van der Waals surface area contributed by atoms with Crippen molar-refractivity contribution in [3.8, 4) is 0 Å². The van der Waals surface area contributed by atoms with Crippen LogP contribution < -0.4 is 0 Å². The van der Waals surface area contributed by atoms with E-state index in [-0.39, 0.29) is 12.6 Å². The van der Waals surface area contributed by atoms with Crippen molar-refractivity contribution in [2.24, 2.45) is 0 Å².